The average Bonchev–Trinajstić information content (AvgIpc) is 2.67. The molecule has 1 aromatic heterocycles. The highest BCUT2D eigenvalue weighted by molar-refractivity contribution is 9.10. The molecule has 0 radical (unpaired) electrons. The lowest BCUT2D eigenvalue weighted by Gasteiger charge is -2.18. The quantitative estimate of drug-likeness (QED) is 0.404. The van der Waals surface area contributed by atoms with Crippen LogP contribution in [0.15, 0.2) is 65.3 Å². The van der Waals surface area contributed by atoms with Gasteiger partial charge in [0.15, 0.2) is 6.21 Å². The van der Waals surface area contributed by atoms with Crippen LogP contribution in [0, 0.1) is 0 Å². The predicted molar refractivity (Wildman–Crippen MR) is 107 cm³/mol. The van der Waals surface area contributed by atoms with Crippen molar-refractivity contribution < 1.29 is 22.0 Å². The lowest BCUT2D eigenvalue weighted by Crippen LogP contribution is -3.00. The summed E-state index contributed by atoms with van der Waals surface area (Å²) in [6.07, 6.45) is 4.06. The highest BCUT2D eigenvalue weighted by Gasteiger charge is 2.20. The first kappa shape index (κ1) is 17.2. The Morgan fingerprint density at radius 3 is 2.69 bits per heavy atom. The molecule has 0 aliphatic carbocycles. The van der Waals surface area contributed by atoms with Crippen LogP contribution < -0.4 is 27.3 Å². The van der Waals surface area contributed by atoms with E-state index in [1.165, 1.54) is 27.5 Å². The molecule has 5 heteroatoms. The highest BCUT2D eigenvalue weighted by Crippen LogP contribution is 2.38. The summed E-state index contributed by atoms with van der Waals surface area (Å²) >= 11 is 3.51. The Kier molecular flexibility index (Phi) is 4.51. The molecule has 2 heterocycles. The summed E-state index contributed by atoms with van der Waals surface area (Å²) in [4.78, 5) is 8.05. The van der Waals surface area contributed by atoms with E-state index < -0.39 is 0 Å². The summed E-state index contributed by atoms with van der Waals surface area (Å²) < 4.78 is 1.08. The maximum atomic E-state index is 4.74. The van der Waals surface area contributed by atoms with E-state index in [2.05, 4.69) is 87.1 Å². The molecule has 0 saturated carbocycles. The SMILES string of the molecule is Brc1ccc(-c2cc3ncc4ccccc4c3c3c2C=[NH+]CN3)cc1.[Br-]. The van der Waals surface area contributed by atoms with Crippen LogP contribution in [0.1, 0.15) is 5.56 Å². The Morgan fingerprint density at radius 1 is 1.04 bits per heavy atom. The van der Waals surface area contributed by atoms with Gasteiger partial charge in [-0.1, -0.05) is 52.3 Å². The lowest BCUT2D eigenvalue weighted by molar-refractivity contribution is -0.444. The van der Waals surface area contributed by atoms with Crippen LogP contribution in [-0.2, 0) is 0 Å². The zero-order valence-corrected chi connectivity index (χ0v) is 16.9. The van der Waals surface area contributed by atoms with Gasteiger partial charge in [0.25, 0.3) is 0 Å². The first-order chi connectivity index (χ1) is 12.3. The van der Waals surface area contributed by atoms with Crippen molar-refractivity contribution in [2.75, 3.05) is 12.0 Å². The van der Waals surface area contributed by atoms with Crippen molar-refractivity contribution >= 4 is 49.5 Å². The van der Waals surface area contributed by atoms with Crippen molar-refractivity contribution in [1.29, 1.82) is 0 Å². The number of fused-ring (bicyclic) bond motifs is 5. The molecule has 0 unspecified atom stereocenters. The van der Waals surface area contributed by atoms with Crippen molar-refractivity contribution in [3.05, 3.63) is 70.8 Å². The number of anilines is 1. The van der Waals surface area contributed by atoms with Crippen LogP contribution in [0.3, 0.4) is 0 Å². The second kappa shape index (κ2) is 6.82. The van der Waals surface area contributed by atoms with Crippen LogP contribution >= 0.6 is 15.9 Å². The van der Waals surface area contributed by atoms with E-state index in [9.17, 15) is 0 Å². The van der Waals surface area contributed by atoms with Crippen molar-refractivity contribution in [1.82, 2.24) is 4.98 Å². The molecular weight excluding hydrogens is 454 g/mol. The van der Waals surface area contributed by atoms with Gasteiger partial charge in [-0.25, -0.2) is 4.99 Å². The molecule has 2 N–H and O–H groups in total. The fourth-order valence-electron chi connectivity index (χ4n) is 3.53. The molecular formula is C21H15Br2N3. The van der Waals surface area contributed by atoms with Gasteiger partial charge in [0.1, 0.15) is 0 Å². The van der Waals surface area contributed by atoms with Crippen molar-refractivity contribution in [3.63, 3.8) is 0 Å². The molecule has 0 spiro atoms. The summed E-state index contributed by atoms with van der Waals surface area (Å²) in [5.74, 6) is 0. The zero-order chi connectivity index (χ0) is 16.8. The molecule has 1 aliphatic heterocycles. The van der Waals surface area contributed by atoms with Gasteiger partial charge in [0.2, 0.25) is 6.67 Å². The summed E-state index contributed by atoms with van der Waals surface area (Å²) in [7, 11) is 0. The van der Waals surface area contributed by atoms with E-state index in [1.54, 1.807) is 0 Å². The van der Waals surface area contributed by atoms with E-state index in [4.69, 9.17) is 4.98 Å². The van der Waals surface area contributed by atoms with Gasteiger partial charge in [0, 0.05) is 21.4 Å². The van der Waals surface area contributed by atoms with Gasteiger partial charge in [-0.3, -0.25) is 4.98 Å². The van der Waals surface area contributed by atoms with Gasteiger partial charge in [-0.2, -0.15) is 0 Å². The molecule has 0 atom stereocenters. The third kappa shape index (κ3) is 2.72. The molecule has 26 heavy (non-hydrogen) atoms. The van der Waals surface area contributed by atoms with Crippen LogP contribution in [0.5, 0.6) is 0 Å². The molecule has 128 valence electrons. The number of nitrogens with one attached hydrogen (secondary N) is 2. The van der Waals surface area contributed by atoms with E-state index in [0.717, 1.165) is 27.7 Å². The number of halogens is 2. The van der Waals surface area contributed by atoms with Gasteiger partial charge in [-0.05, 0) is 34.7 Å². The number of rotatable bonds is 1. The second-order valence-electron chi connectivity index (χ2n) is 6.16. The Bertz CT molecular complexity index is 1150. The largest absolute Gasteiger partial charge is 1.00 e. The maximum Gasteiger partial charge on any atom is 0.214 e. The van der Waals surface area contributed by atoms with E-state index in [0.29, 0.717) is 0 Å². The monoisotopic (exact) mass is 467 g/mol. The molecule has 0 saturated heterocycles. The van der Waals surface area contributed by atoms with E-state index in [-0.39, 0.29) is 17.0 Å². The summed E-state index contributed by atoms with van der Waals surface area (Å²) in [6.45, 7) is 0.717. The Labute approximate surface area is 170 Å². The second-order valence-corrected chi connectivity index (χ2v) is 7.08. The van der Waals surface area contributed by atoms with E-state index >= 15 is 0 Å². The zero-order valence-electron chi connectivity index (χ0n) is 13.8. The summed E-state index contributed by atoms with van der Waals surface area (Å²) in [6, 6.07) is 19.0. The Hall–Kier alpha value is -2.24. The van der Waals surface area contributed by atoms with Gasteiger partial charge in [-0.15, -0.1) is 0 Å². The summed E-state index contributed by atoms with van der Waals surface area (Å²) in [5.41, 5.74) is 5.70. The fraction of sp³-hybridized carbons (Fsp3) is 0.0476. The predicted octanol–water partition coefficient (Wildman–Crippen LogP) is 0.704. The number of nitrogens with zero attached hydrogens (tertiary/aromatic N) is 1. The first-order valence-electron chi connectivity index (χ1n) is 8.22. The van der Waals surface area contributed by atoms with Crippen LogP contribution in [0.4, 0.5) is 5.69 Å². The van der Waals surface area contributed by atoms with Gasteiger partial charge in [0.05, 0.1) is 16.8 Å². The minimum atomic E-state index is 0. The molecule has 0 amide bonds. The van der Waals surface area contributed by atoms with Gasteiger partial charge >= 0.3 is 0 Å². The molecule has 0 bridgehead atoms. The third-order valence-corrected chi connectivity index (χ3v) is 5.22. The number of benzene rings is 3. The van der Waals surface area contributed by atoms with Crippen molar-refractivity contribution in [2.45, 2.75) is 0 Å². The molecule has 1 aliphatic rings. The van der Waals surface area contributed by atoms with Crippen LogP contribution in [0.25, 0.3) is 32.8 Å². The summed E-state index contributed by atoms with van der Waals surface area (Å²) in [5, 5.41) is 7.11. The molecule has 3 aromatic carbocycles. The maximum absolute atomic E-state index is 4.74. The first-order valence-corrected chi connectivity index (χ1v) is 9.01. The topological polar surface area (TPSA) is 38.9 Å². The number of pyridine rings is 1. The van der Waals surface area contributed by atoms with Crippen molar-refractivity contribution in [2.24, 2.45) is 0 Å². The molecule has 0 fully saturated rings. The Morgan fingerprint density at radius 2 is 1.85 bits per heavy atom. The van der Waals surface area contributed by atoms with Crippen LogP contribution in [-0.4, -0.2) is 17.9 Å². The van der Waals surface area contributed by atoms with E-state index in [1.807, 2.05) is 6.20 Å². The highest BCUT2D eigenvalue weighted by atomic mass is 79.9. The molecule has 4 aromatic rings. The smallest absolute Gasteiger partial charge is 0.214 e. The van der Waals surface area contributed by atoms with Crippen LogP contribution in [0.2, 0.25) is 0 Å². The standard InChI is InChI=1S/C21H14BrN3.BrH/c22-15-7-5-13(6-8-15)17-9-19-20(21-18(17)11-23-12-25-21)16-4-2-1-3-14(16)10-24-19;/h1-11,25H,12H2;1H. The number of hydrogen-bond acceptors (Lipinski definition) is 2. The normalized spacial score (nSPS) is 12.5. The molecule has 3 nitrogen and oxygen atoms in total. The van der Waals surface area contributed by atoms with Crippen molar-refractivity contribution in [3.8, 4) is 11.1 Å². The molecule has 5 rings (SSSR count). The third-order valence-electron chi connectivity index (χ3n) is 4.69. The fourth-order valence-corrected chi connectivity index (χ4v) is 3.79. The van der Waals surface area contributed by atoms with Gasteiger partial charge < -0.3 is 22.3 Å². The lowest BCUT2D eigenvalue weighted by atomic mass is 9.93. The minimum absolute atomic E-state index is 0. The number of hydrogen-bond donors (Lipinski definition) is 2. The minimum Gasteiger partial charge on any atom is -1.00 e. The average molecular weight is 469 g/mol. The number of aromatic nitrogens is 1. The Balaban J connectivity index is 0.00000168.